The van der Waals surface area contributed by atoms with E-state index in [2.05, 4.69) is 15.5 Å². The van der Waals surface area contributed by atoms with Crippen LogP contribution in [0.5, 0.6) is 11.5 Å². The van der Waals surface area contributed by atoms with Crippen LogP contribution in [0, 0.1) is 0 Å². The normalized spacial score (nSPS) is 10.7. The third-order valence-corrected chi connectivity index (χ3v) is 4.30. The van der Waals surface area contributed by atoms with Gasteiger partial charge in [-0.3, -0.25) is 9.78 Å². The van der Waals surface area contributed by atoms with Crippen molar-refractivity contribution in [3.8, 4) is 11.5 Å². The third kappa shape index (κ3) is 5.80. The minimum absolute atomic E-state index is 0.312. The van der Waals surface area contributed by atoms with E-state index in [1.165, 1.54) is 0 Å². The molecule has 0 unspecified atom stereocenters. The Hall–Kier alpha value is -3.38. The number of aromatic nitrogens is 1. The van der Waals surface area contributed by atoms with Crippen molar-refractivity contribution in [3.63, 3.8) is 0 Å². The first-order valence-electron chi connectivity index (χ1n) is 9.04. The Morgan fingerprint density at radius 3 is 2.66 bits per heavy atom. The molecule has 3 rings (SSSR count). The van der Waals surface area contributed by atoms with Crippen molar-refractivity contribution >= 4 is 23.7 Å². The number of amides is 1. The van der Waals surface area contributed by atoms with Crippen LogP contribution in [0.4, 0.5) is 0 Å². The number of nitrogens with one attached hydrogen (secondary N) is 1. The summed E-state index contributed by atoms with van der Waals surface area (Å²) in [6, 6.07) is 16.2. The topological polar surface area (TPSA) is 72.8 Å². The number of rotatable bonds is 8. The van der Waals surface area contributed by atoms with Gasteiger partial charge in [-0.2, -0.15) is 5.10 Å². The molecular weight excluding hydrogens is 390 g/mol. The number of benzene rings is 2. The van der Waals surface area contributed by atoms with Gasteiger partial charge in [0.05, 0.1) is 12.8 Å². The van der Waals surface area contributed by atoms with Crippen molar-refractivity contribution < 1.29 is 14.3 Å². The summed E-state index contributed by atoms with van der Waals surface area (Å²) in [6.07, 6.45) is 4.64. The van der Waals surface area contributed by atoms with E-state index in [0.717, 1.165) is 11.1 Å². The van der Waals surface area contributed by atoms with Gasteiger partial charge in [0.1, 0.15) is 6.61 Å². The van der Waals surface area contributed by atoms with Gasteiger partial charge in [-0.25, -0.2) is 5.43 Å². The number of nitrogens with zero attached hydrogens (tertiary/aromatic N) is 2. The zero-order valence-corrected chi connectivity index (χ0v) is 16.6. The van der Waals surface area contributed by atoms with E-state index < -0.39 is 0 Å². The van der Waals surface area contributed by atoms with Gasteiger partial charge < -0.3 is 9.47 Å². The minimum Gasteiger partial charge on any atom is -0.490 e. The van der Waals surface area contributed by atoms with Gasteiger partial charge in [0.15, 0.2) is 11.5 Å². The van der Waals surface area contributed by atoms with Gasteiger partial charge in [-0.1, -0.05) is 29.8 Å². The van der Waals surface area contributed by atoms with Crippen molar-refractivity contribution in [2.45, 2.75) is 13.5 Å². The van der Waals surface area contributed by atoms with Gasteiger partial charge in [-0.05, 0) is 48.9 Å². The summed E-state index contributed by atoms with van der Waals surface area (Å²) < 4.78 is 11.6. The van der Waals surface area contributed by atoms with Crippen LogP contribution < -0.4 is 14.9 Å². The Labute approximate surface area is 174 Å². The molecule has 7 heteroatoms. The Morgan fingerprint density at radius 1 is 1.10 bits per heavy atom. The molecule has 1 aromatic heterocycles. The number of ether oxygens (including phenoxy) is 2. The standard InChI is InChI=1S/C22H20ClN3O3/c1-2-28-21-13-16(14-25-26-22(27)17-9-11-24-12-10-17)7-8-20(21)29-15-18-5-3-4-6-19(18)23/h3-14H,2,15H2,1H3,(H,26,27)/b25-14-. The van der Waals surface area contributed by atoms with Gasteiger partial charge in [-0.15, -0.1) is 0 Å². The molecule has 0 bridgehead atoms. The molecule has 2 aromatic carbocycles. The lowest BCUT2D eigenvalue weighted by molar-refractivity contribution is 0.0955. The lowest BCUT2D eigenvalue weighted by atomic mass is 10.2. The molecule has 1 amide bonds. The number of carbonyl (C=O) groups excluding carboxylic acids is 1. The lowest BCUT2D eigenvalue weighted by Gasteiger charge is -2.13. The fourth-order valence-electron chi connectivity index (χ4n) is 2.50. The first kappa shape index (κ1) is 20.4. The predicted octanol–water partition coefficient (Wildman–Crippen LogP) is 4.48. The molecule has 0 aliphatic rings. The first-order chi connectivity index (χ1) is 14.2. The smallest absolute Gasteiger partial charge is 0.271 e. The fraction of sp³-hybridized carbons (Fsp3) is 0.136. The summed E-state index contributed by atoms with van der Waals surface area (Å²) in [7, 11) is 0. The SMILES string of the molecule is CCOc1cc(/C=N\NC(=O)c2ccncc2)ccc1OCc1ccccc1Cl. The van der Waals surface area contributed by atoms with Crippen LogP contribution in [0.3, 0.4) is 0 Å². The van der Waals surface area contributed by atoms with Crippen molar-refractivity contribution in [2.24, 2.45) is 5.10 Å². The first-order valence-corrected chi connectivity index (χ1v) is 9.41. The fourth-order valence-corrected chi connectivity index (χ4v) is 2.69. The number of carbonyl (C=O) groups is 1. The number of pyridine rings is 1. The quantitative estimate of drug-likeness (QED) is 0.440. The average molecular weight is 410 g/mol. The minimum atomic E-state index is -0.312. The van der Waals surface area contributed by atoms with Gasteiger partial charge >= 0.3 is 0 Å². The second-order valence-electron chi connectivity index (χ2n) is 5.95. The van der Waals surface area contributed by atoms with Gasteiger partial charge in [0.2, 0.25) is 0 Å². The molecule has 0 radical (unpaired) electrons. The molecule has 0 saturated carbocycles. The maximum atomic E-state index is 12.0. The second-order valence-corrected chi connectivity index (χ2v) is 6.36. The lowest BCUT2D eigenvalue weighted by Crippen LogP contribution is -2.17. The second kappa shape index (κ2) is 10.2. The molecule has 6 nitrogen and oxygen atoms in total. The molecule has 1 heterocycles. The van der Waals surface area contributed by atoms with Crippen molar-refractivity contribution in [3.05, 3.63) is 88.7 Å². The van der Waals surface area contributed by atoms with Crippen LogP contribution in [0.15, 0.2) is 72.1 Å². The van der Waals surface area contributed by atoms with Crippen LogP contribution >= 0.6 is 11.6 Å². The Kier molecular flexibility index (Phi) is 7.19. The zero-order valence-electron chi connectivity index (χ0n) is 15.8. The molecular formula is C22H20ClN3O3. The van der Waals surface area contributed by atoms with E-state index in [4.69, 9.17) is 21.1 Å². The molecule has 0 spiro atoms. The summed E-state index contributed by atoms with van der Waals surface area (Å²) in [5, 5.41) is 4.65. The van der Waals surface area contributed by atoms with Gasteiger partial charge in [0.25, 0.3) is 5.91 Å². The van der Waals surface area contributed by atoms with Crippen LogP contribution in [0.1, 0.15) is 28.4 Å². The summed E-state index contributed by atoms with van der Waals surface area (Å²) in [4.78, 5) is 15.9. The van der Waals surface area contributed by atoms with E-state index in [0.29, 0.717) is 35.3 Å². The molecule has 0 aliphatic carbocycles. The van der Waals surface area contributed by atoms with Crippen LogP contribution in [0.25, 0.3) is 0 Å². The van der Waals surface area contributed by atoms with E-state index in [9.17, 15) is 4.79 Å². The van der Waals surface area contributed by atoms with E-state index in [-0.39, 0.29) is 5.91 Å². The molecule has 0 saturated heterocycles. The van der Waals surface area contributed by atoms with Crippen LogP contribution in [-0.4, -0.2) is 23.7 Å². The molecule has 0 fully saturated rings. The third-order valence-electron chi connectivity index (χ3n) is 3.93. The highest BCUT2D eigenvalue weighted by Gasteiger charge is 2.08. The molecule has 0 atom stereocenters. The highest BCUT2D eigenvalue weighted by molar-refractivity contribution is 6.31. The number of hydrogen-bond donors (Lipinski definition) is 1. The van der Waals surface area contributed by atoms with Crippen molar-refractivity contribution in [1.82, 2.24) is 10.4 Å². The zero-order chi connectivity index (χ0) is 20.5. The molecule has 29 heavy (non-hydrogen) atoms. The highest BCUT2D eigenvalue weighted by Crippen LogP contribution is 2.29. The summed E-state index contributed by atoms with van der Waals surface area (Å²) in [5.74, 6) is 0.877. The number of hydrazone groups is 1. The number of hydrogen-bond acceptors (Lipinski definition) is 5. The van der Waals surface area contributed by atoms with E-state index in [1.54, 1.807) is 42.9 Å². The molecule has 3 aromatic rings. The Balaban J connectivity index is 1.67. The Morgan fingerprint density at radius 2 is 1.90 bits per heavy atom. The summed E-state index contributed by atoms with van der Waals surface area (Å²) >= 11 is 6.18. The Bertz CT molecular complexity index is 994. The summed E-state index contributed by atoms with van der Waals surface area (Å²) in [6.45, 7) is 2.71. The van der Waals surface area contributed by atoms with E-state index in [1.807, 2.05) is 37.3 Å². The molecule has 0 aliphatic heterocycles. The largest absolute Gasteiger partial charge is 0.490 e. The van der Waals surface area contributed by atoms with Crippen molar-refractivity contribution in [2.75, 3.05) is 6.61 Å². The van der Waals surface area contributed by atoms with Gasteiger partial charge in [0, 0.05) is 28.5 Å². The molecule has 148 valence electrons. The number of halogens is 1. The highest BCUT2D eigenvalue weighted by atomic mass is 35.5. The maximum absolute atomic E-state index is 12.0. The molecule has 1 N–H and O–H groups in total. The average Bonchev–Trinajstić information content (AvgIpc) is 2.75. The maximum Gasteiger partial charge on any atom is 0.271 e. The van der Waals surface area contributed by atoms with Crippen molar-refractivity contribution in [1.29, 1.82) is 0 Å². The summed E-state index contributed by atoms with van der Waals surface area (Å²) in [5.41, 5.74) is 4.61. The van der Waals surface area contributed by atoms with Crippen LogP contribution in [-0.2, 0) is 6.61 Å². The monoisotopic (exact) mass is 409 g/mol. The van der Waals surface area contributed by atoms with E-state index >= 15 is 0 Å². The predicted molar refractivity (Wildman–Crippen MR) is 113 cm³/mol. The van der Waals surface area contributed by atoms with Crippen LogP contribution in [0.2, 0.25) is 5.02 Å².